The van der Waals surface area contributed by atoms with Gasteiger partial charge in [0.05, 0.1) is 22.8 Å². The quantitative estimate of drug-likeness (QED) is 0.149. The van der Waals surface area contributed by atoms with Gasteiger partial charge in [0.25, 0.3) is 0 Å². The Bertz CT molecular complexity index is 1750. The van der Waals surface area contributed by atoms with Gasteiger partial charge in [0.1, 0.15) is 19.8 Å². The van der Waals surface area contributed by atoms with Crippen molar-refractivity contribution in [3.8, 4) is 23.1 Å². The highest BCUT2D eigenvalue weighted by molar-refractivity contribution is 5.92. The number of rotatable bonds is 11. The van der Waals surface area contributed by atoms with Crippen LogP contribution in [0.3, 0.4) is 0 Å². The molecule has 0 aliphatic heterocycles. The van der Waals surface area contributed by atoms with E-state index in [1.54, 1.807) is 12.1 Å². The maximum Gasteiger partial charge on any atom is 0.345 e. The van der Waals surface area contributed by atoms with E-state index in [0.717, 1.165) is 16.7 Å². The summed E-state index contributed by atoms with van der Waals surface area (Å²) in [6.07, 6.45) is 1.43. The molecule has 5 aromatic carbocycles. The first kappa shape index (κ1) is 27.5. The van der Waals surface area contributed by atoms with E-state index < -0.39 is 5.97 Å². The number of hydrogen-bond donors (Lipinski definition) is 0. The van der Waals surface area contributed by atoms with Gasteiger partial charge in [0.15, 0.2) is 11.5 Å². The minimum atomic E-state index is -0.631. The molecule has 0 aliphatic carbocycles. The summed E-state index contributed by atoms with van der Waals surface area (Å²) in [5, 5.41) is 0. The third kappa shape index (κ3) is 7.15. The third-order valence-corrected chi connectivity index (χ3v) is 6.58. The van der Waals surface area contributed by atoms with E-state index in [-0.39, 0.29) is 31.3 Å². The summed E-state index contributed by atoms with van der Waals surface area (Å²) >= 11 is 0. The molecule has 0 N–H and O–H groups in total. The van der Waals surface area contributed by atoms with E-state index in [4.69, 9.17) is 18.9 Å². The molecule has 0 amide bonds. The second kappa shape index (κ2) is 13.3. The van der Waals surface area contributed by atoms with Crippen molar-refractivity contribution in [2.45, 2.75) is 19.8 Å². The highest BCUT2D eigenvalue weighted by Gasteiger charge is 2.21. The summed E-state index contributed by atoms with van der Waals surface area (Å²) in [5.41, 5.74) is 4.44. The van der Waals surface area contributed by atoms with Gasteiger partial charge in [-0.05, 0) is 41.0 Å². The number of para-hydroxylation sites is 2. The summed E-state index contributed by atoms with van der Waals surface area (Å²) in [6.45, 7) is 0.797. The van der Waals surface area contributed by atoms with Crippen molar-refractivity contribution in [2.75, 3.05) is 0 Å². The Labute approximate surface area is 249 Å². The molecular weight excluding hydrogens is 540 g/mol. The molecule has 212 valence electrons. The van der Waals surface area contributed by atoms with Gasteiger partial charge in [-0.25, -0.2) is 14.8 Å². The van der Waals surface area contributed by atoms with Crippen LogP contribution in [0.5, 0.6) is 23.1 Å². The van der Waals surface area contributed by atoms with Crippen LogP contribution < -0.4 is 18.9 Å². The number of nitrogens with zero attached hydrogens (tertiary/aromatic N) is 2. The molecule has 0 radical (unpaired) electrons. The predicted molar refractivity (Wildman–Crippen MR) is 163 cm³/mol. The molecule has 0 unspecified atom stereocenters. The lowest BCUT2D eigenvalue weighted by atomic mass is 10.1. The number of aromatic nitrogens is 2. The Balaban J connectivity index is 1.34. The standard InChI is InChI=1S/C36H28N2O5/c39-36(43-34-22-37-30-18-10-11-19-31(30)38-34)29-20-32(40-23-26-12-4-1-5-13-26)35(42-25-28-16-8-3-9-17-28)33(21-29)41-24-27-14-6-2-7-15-27/h1-22H,23-25H2. The highest BCUT2D eigenvalue weighted by atomic mass is 16.5. The van der Waals surface area contributed by atoms with Crippen molar-refractivity contribution in [2.24, 2.45) is 0 Å². The SMILES string of the molecule is O=C(Oc1cnc2ccccc2n1)c1cc(OCc2ccccc2)c(OCc2ccccc2)c(OCc2ccccc2)c1. The molecular formula is C36H28N2O5. The van der Waals surface area contributed by atoms with E-state index in [1.165, 1.54) is 6.20 Å². The fourth-order valence-corrected chi connectivity index (χ4v) is 4.39. The van der Waals surface area contributed by atoms with Crippen molar-refractivity contribution in [3.05, 3.63) is 156 Å². The molecule has 1 aromatic heterocycles. The maximum atomic E-state index is 13.5. The molecule has 7 heteroatoms. The van der Waals surface area contributed by atoms with E-state index >= 15 is 0 Å². The number of benzene rings is 5. The highest BCUT2D eigenvalue weighted by Crippen LogP contribution is 2.40. The van der Waals surface area contributed by atoms with Crippen LogP contribution in [0.25, 0.3) is 11.0 Å². The van der Waals surface area contributed by atoms with Crippen LogP contribution in [0.15, 0.2) is 134 Å². The van der Waals surface area contributed by atoms with Crippen LogP contribution in [0.2, 0.25) is 0 Å². The number of esters is 1. The second-order valence-corrected chi connectivity index (χ2v) is 9.71. The molecule has 6 aromatic rings. The fourth-order valence-electron chi connectivity index (χ4n) is 4.39. The van der Waals surface area contributed by atoms with Gasteiger partial charge in [0.2, 0.25) is 11.6 Å². The Hall–Kier alpha value is -5.69. The summed E-state index contributed by atoms with van der Waals surface area (Å²) in [5.74, 6) is 0.543. The van der Waals surface area contributed by atoms with E-state index in [0.29, 0.717) is 28.3 Å². The van der Waals surface area contributed by atoms with Gasteiger partial charge in [0, 0.05) is 0 Å². The molecule has 0 aliphatic rings. The normalized spacial score (nSPS) is 10.7. The monoisotopic (exact) mass is 568 g/mol. The third-order valence-electron chi connectivity index (χ3n) is 6.58. The first-order chi connectivity index (χ1) is 21.2. The number of carbonyl (C=O) groups excluding carboxylic acids is 1. The van der Waals surface area contributed by atoms with Crippen molar-refractivity contribution in [1.29, 1.82) is 0 Å². The van der Waals surface area contributed by atoms with E-state index in [1.807, 2.05) is 115 Å². The minimum Gasteiger partial charge on any atom is -0.485 e. The van der Waals surface area contributed by atoms with Crippen LogP contribution in [-0.2, 0) is 19.8 Å². The Morgan fingerprint density at radius 3 is 1.56 bits per heavy atom. The molecule has 0 atom stereocenters. The Morgan fingerprint density at radius 1 is 0.558 bits per heavy atom. The first-order valence-electron chi connectivity index (χ1n) is 13.8. The van der Waals surface area contributed by atoms with Crippen LogP contribution in [-0.4, -0.2) is 15.9 Å². The average molecular weight is 569 g/mol. The largest absolute Gasteiger partial charge is 0.485 e. The molecule has 6 rings (SSSR count). The summed E-state index contributed by atoms with van der Waals surface area (Å²) in [6, 6.07) is 39.9. The average Bonchev–Trinajstić information content (AvgIpc) is 3.07. The van der Waals surface area contributed by atoms with Gasteiger partial charge >= 0.3 is 5.97 Å². The second-order valence-electron chi connectivity index (χ2n) is 9.71. The predicted octanol–water partition coefficient (Wildman–Crippen LogP) is 7.59. The van der Waals surface area contributed by atoms with Crippen LogP contribution in [0, 0.1) is 0 Å². The van der Waals surface area contributed by atoms with Gasteiger partial charge in [-0.15, -0.1) is 0 Å². The Morgan fingerprint density at radius 2 is 1.02 bits per heavy atom. The maximum absolute atomic E-state index is 13.5. The van der Waals surface area contributed by atoms with Crippen LogP contribution in [0.1, 0.15) is 27.0 Å². The molecule has 0 saturated carbocycles. The van der Waals surface area contributed by atoms with Crippen molar-refractivity contribution in [1.82, 2.24) is 9.97 Å². The number of hydrogen-bond acceptors (Lipinski definition) is 7. The number of fused-ring (bicyclic) bond motifs is 1. The van der Waals surface area contributed by atoms with Crippen molar-refractivity contribution < 1.29 is 23.7 Å². The molecule has 43 heavy (non-hydrogen) atoms. The van der Waals surface area contributed by atoms with Gasteiger partial charge in [-0.3, -0.25) is 0 Å². The van der Waals surface area contributed by atoms with Gasteiger partial charge < -0.3 is 18.9 Å². The molecule has 0 spiro atoms. The molecule has 0 fully saturated rings. The first-order valence-corrected chi connectivity index (χ1v) is 13.8. The zero-order valence-electron chi connectivity index (χ0n) is 23.3. The number of carbonyl (C=O) groups is 1. The van der Waals surface area contributed by atoms with Crippen LogP contribution in [0.4, 0.5) is 0 Å². The van der Waals surface area contributed by atoms with Crippen LogP contribution >= 0.6 is 0 Å². The van der Waals surface area contributed by atoms with Crippen molar-refractivity contribution in [3.63, 3.8) is 0 Å². The van der Waals surface area contributed by atoms with Gasteiger partial charge in [-0.2, -0.15) is 0 Å². The smallest absolute Gasteiger partial charge is 0.345 e. The summed E-state index contributed by atoms with van der Waals surface area (Å²) in [7, 11) is 0. The van der Waals surface area contributed by atoms with Crippen molar-refractivity contribution >= 4 is 17.0 Å². The summed E-state index contributed by atoms with van der Waals surface area (Å²) in [4.78, 5) is 22.2. The zero-order valence-corrected chi connectivity index (χ0v) is 23.3. The lowest BCUT2D eigenvalue weighted by Gasteiger charge is -2.19. The molecule has 7 nitrogen and oxygen atoms in total. The molecule has 1 heterocycles. The fraction of sp³-hybridized carbons (Fsp3) is 0.0833. The molecule has 0 saturated heterocycles. The topological polar surface area (TPSA) is 79.8 Å². The molecule has 0 bridgehead atoms. The lowest BCUT2D eigenvalue weighted by Crippen LogP contribution is -2.12. The van der Waals surface area contributed by atoms with E-state index in [2.05, 4.69) is 9.97 Å². The summed E-state index contributed by atoms with van der Waals surface area (Å²) < 4.78 is 24.5. The minimum absolute atomic E-state index is 0.0895. The zero-order chi connectivity index (χ0) is 29.3. The lowest BCUT2D eigenvalue weighted by molar-refractivity contribution is 0.0726. The number of ether oxygens (including phenoxy) is 4. The van der Waals surface area contributed by atoms with Gasteiger partial charge in [-0.1, -0.05) is 103 Å². The Kier molecular flexibility index (Phi) is 8.51. The van der Waals surface area contributed by atoms with E-state index in [9.17, 15) is 4.79 Å².